The third-order valence-corrected chi connectivity index (χ3v) is 3.43. The molecule has 6 nitrogen and oxygen atoms in total. The Morgan fingerprint density at radius 2 is 2.18 bits per heavy atom. The van der Waals surface area contributed by atoms with E-state index >= 15 is 0 Å². The number of piperidine rings is 1. The van der Waals surface area contributed by atoms with E-state index in [-0.39, 0.29) is 18.3 Å². The predicted molar refractivity (Wildman–Crippen MR) is 82.4 cm³/mol. The lowest BCUT2D eigenvalue weighted by atomic mass is 10.1. The van der Waals surface area contributed by atoms with E-state index in [9.17, 15) is 4.79 Å². The van der Waals surface area contributed by atoms with Crippen LogP contribution in [-0.2, 0) is 9.47 Å². The van der Waals surface area contributed by atoms with Gasteiger partial charge < -0.3 is 14.4 Å². The summed E-state index contributed by atoms with van der Waals surface area (Å²) in [5.74, 6) is 0. The first kappa shape index (κ1) is 16.7. The van der Waals surface area contributed by atoms with E-state index in [4.69, 9.17) is 9.47 Å². The van der Waals surface area contributed by atoms with Crippen molar-refractivity contribution in [2.24, 2.45) is 0 Å². The molecule has 0 aromatic carbocycles. The zero-order valence-electron chi connectivity index (χ0n) is 13.8. The normalized spacial score (nSPS) is 20.5. The van der Waals surface area contributed by atoms with Crippen LogP contribution in [0.5, 0.6) is 0 Å². The molecular weight excluding hydrogens is 282 g/mol. The average molecular weight is 307 g/mol. The van der Waals surface area contributed by atoms with Gasteiger partial charge in [-0.3, -0.25) is 9.97 Å². The van der Waals surface area contributed by atoms with Gasteiger partial charge >= 0.3 is 6.09 Å². The van der Waals surface area contributed by atoms with Gasteiger partial charge in [-0.15, -0.1) is 0 Å². The Hall–Kier alpha value is -1.69. The van der Waals surface area contributed by atoms with Gasteiger partial charge in [0.25, 0.3) is 0 Å². The highest BCUT2D eigenvalue weighted by molar-refractivity contribution is 5.68. The number of hydrogen-bond donors (Lipinski definition) is 0. The summed E-state index contributed by atoms with van der Waals surface area (Å²) in [6.07, 6.45) is 6.44. The Bertz CT molecular complexity index is 487. The lowest BCUT2D eigenvalue weighted by Gasteiger charge is -2.35. The highest BCUT2D eigenvalue weighted by Gasteiger charge is 2.29. The summed E-state index contributed by atoms with van der Waals surface area (Å²) in [5, 5.41) is 0. The maximum Gasteiger partial charge on any atom is 0.410 e. The van der Waals surface area contributed by atoms with E-state index < -0.39 is 5.60 Å². The van der Waals surface area contributed by atoms with Gasteiger partial charge in [-0.25, -0.2) is 4.79 Å². The molecule has 0 N–H and O–H groups in total. The number of amides is 1. The first-order valence-electron chi connectivity index (χ1n) is 7.74. The standard InChI is InChI=1S/C16H25N3O3/c1-12(14-10-17-7-8-18-14)21-13-6-5-9-19(11-13)15(20)22-16(2,3)4/h7-8,10,12-13H,5-6,9,11H2,1-4H3. The van der Waals surface area contributed by atoms with Gasteiger partial charge in [-0.2, -0.15) is 0 Å². The monoisotopic (exact) mass is 307 g/mol. The van der Waals surface area contributed by atoms with Crippen molar-refractivity contribution in [2.75, 3.05) is 13.1 Å². The summed E-state index contributed by atoms with van der Waals surface area (Å²) in [4.78, 5) is 22.2. The number of rotatable bonds is 3. The summed E-state index contributed by atoms with van der Waals surface area (Å²) in [6.45, 7) is 8.85. The Morgan fingerprint density at radius 3 is 2.82 bits per heavy atom. The number of aromatic nitrogens is 2. The van der Waals surface area contributed by atoms with Crippen LogP contribution in [0, 0.1) is 0 Å². The molecule has 1 amide bonds. The molecule has 0 aliphatic carbocycles. The minimum absolute atomic E-state index is 0.00160. The summed E-state index contributed by atoms with van der Waals surface area (Å²) < 4.78 is 11.5. The Morgan fingerprint density at radius 1 is 1.41 bits per heavy atom. The van der Waals surface area contributed by atoms with Crippen molar-refractivity contribution < 1.29 is 14.3 Å². The molecular formula is C16H25N3O3. The van der Waals surface area contributed by atoms with E-state index in [1.54, 1.807) is 23.5 Å². The molecule has 1 aromatic heterocycles. The third kappa shape index (κ3) is 4.94. The smallest absolute Gasteiger partial charge is 0.410 e. The third-order valence-electron chi connectivity index (χ3n) is 3.43. The first-order valence-corrected chi connectivity index (χ1v) is 7.74. The van der Waals surface area contributed by atoms with Gasteiger partial charge in [0, 0.05) is 18.9 Å². The number of carbonyl (C=O) groups is 1. The molecule has 1 aliphatic heterocycles. The largest absolute Gasteiger partial charge is 0.444 e. The first-order chi connectivity index (χ1) is 10.3. The van der Waals surface area contributed by atoms with Crippen LogP contribution < -0.4 is 0 Å². The Labute approximate surface area is 131 Å². The molecule has 2 unspecified atom stereocenters. The molecule has 2 heterocycles. The molecule has 0 spiro atoms. The van der Waals surface area contributed by atoms with Gasteiger partial charge in [0.1, 0.15) is 5.60 Å². The highest BCUT2D eigenvalue weighted by Crippen LogP contribution is 2.22. The van der Waals surface area contributed by atoms with E-state index in [0.717, 1.165) is 18.5 Å². The summed E-state index contributed by atoms with van der Waals surface area (Å²) in [5.41, 5.74) is 0.328. The van der Waals surface area contributed by atoms with Crippen LogP contribution >= 0.6 is 0 Å². The predicted octanol–water partition coefficient (Wildman–Crippen LogP) is 2.95. The van der Waals surface area contributed by atoms with Crippen LogP contribution in [0.15, 0.2) is 18.6 Å². The number of hydrogen-bond acceptors (Lipinski definition) is 5. The average Bonchev–Trinajstić information content (AvgIpc) is 2.46. The molecule has 0 bridgehead atoms. The van der Waals surface area contributed by atoms with E-state index in [2.05, 4.69) is 9.97 Å². The Kier molecular flexibility index (Phi) is 5.34. The zero-order valence-corrected chi connectivity index (χ0v) is 13.8. The van der Waals surface area contributed by atoms with Crippen molar-refractivity contribution in [3.63, 3.8) is 0 Å². The quantitative estimate of drug-likeness (QED) is 0.859. The van der Waals surface area contributed by atoms with Gasteiger partial charge in [0.2, 0.25) is 0 Å². The molecule has 1 aromatic rings. The number of likely N-dealkylation sites (tertiary alicyclic amines) is 1. The molecule has 1 saturated heterocycles. The fraction of sp³-hybridized carbons (Fsp3) is 0.688. The number of nitrogens with zero attached hydrogens (tertiary/aromatic N) is 3. The van der Waals surface area contributed by atoms with Gasteiger partial charge in [-0.1, -0.05) is 0 Å². The minimum atomic E-state index is -0.474. The van der Waals surface area contributed by atoms with E-state index in [1.165, 1.54) is 0 Å². The second kappa shape index (κ2) is 7.05. The van der Waals surface area contributed by atoms with Crippen molar-refractivity contribution in [1.82, 2.24) is 14.9 Å². The van der Waals surface area contributed by atoms with Gasteiger partial charge in [0.05, 0.1) is 30.6 Å². The molecule has 6 heteroatoms. The van der Waals surface area contributed by atoms with Crippen LogP contribution in [0.4, 0.5) is 4.79 Å². The van der Waals surface area contributed by atoms with Crippen LogP contribution in [-0.4, -0.2) is 45.8 Å². The zero-order chi connectivity index (χ0) is 16.2. The fourth-order valence-electron chi connectivity index (χ4n) is 2.42. The molecule has 1 aliphatic rings. The molecule has 2 atom stereocenters. The van der Waals surface area contributed by atoms with Crippen molar-refractivity contribution in [3.8, 4) is 0 Å². The van der Waals surface area contributed by atoms with E-state index in [1.807, 2.05) is 27.7 Å². The van der Waals surface area contributed by atoms with Crippen molar-refractivity contribution in [3.05, 3.63) is 24.3 Å². The second-order valence-electron chi connectivity index (χ2n) is 6.60. The summed E-state index contributed by atoms with van der Waals surface area (Å²) >= 11 is 0. The second-order valence-corrected chi connectivity index (χ2v) is 6.60. The maximum atomic E-state index is 12.1. The van der Waals surface area contributed by atoms with Crippen molar-refractivity contribution in [1.29, 1.82) is 0 Å². The summed E-state index contributed by atoms with van der Waals surface area (Å²) in [7, 11) is 0. The number of carbonyl (C=O) groups excluding carboxylic acids is 1. The topological polar surface area (TPSA) is 64.5 Å². The molecule has 2 rings (SSSR count). The summed E-state index contributed by atoms with van der Waals surface area (Å²) in [6, 6.07) is 0. The Balaban J connectivity index is 1.89. The molecule has 122 valence electrons. The molecule has 22 heavy (non-hydrogen) atoms. The SMILES string of the molecule is CC(OC1CCCN(C(=O)OC(C)(C)C)C1)c1cnccn1. The maximum absolute atomic E-state index is 12.1. The van der Waals surface area contributed by atoms with Crippen LogP contribution in [0.25, 0.3) is 0 Å². The van der Waals surface area contributed by atoms with Crippen molar-refractivity contribution >= 4 is 6.09 Å². The molecule has 0 saturated carbocycles. The van der Waals surface area contributed by atoms with E-state index in [0.29, 0.717) is 13.1 Å². The molecule has 1 fully saturated rings. The van der Waals surface area contributed by atoms with Crippen LogP contribution in [0.3, 0.4) is 0 Å². The lowest BCUT2D eigenvalue weighted by molar-refractivity contribution is -0.0498. The van der Waals surface area contributed by atoms with Crippen LogP contribution in [0.2, 0.25) is 0 Å². The fourth-order valence-corrected chi connectivity index (χ4v) is 2.42. The minimum Gasteiger partial charge on any atom is -0.444 e. The van der Waals surface area contributed by atoms with Gasteiger partial charge in [-0.05, 0) is 40.5 Å². The van der Waals surface area contributed by atoms with Crippen molar-refractivity contribution in [2.45, 2.75) is 58.3 Å². The number of ether oxygens (including phenoxy) is 2. The lowest BCUT2D eigenvalue weighted by Crippen LogP contribution is -2.45. The van der Waals surface area contributed by atoms with Gasteiger partial charge in [0.15, 0.2) is 0 Å². The molecule has 0 radical (unpaired) electrons. The van der Waals surface area contributed by atoms with Crippen LogP contribution in [0.1, 0.15) is 52.3 Å². The highest BCUT2D eigenvalue weighted by atomic mass is 16.6.